The second-order valence-electron chi connectivity index (χ2n) is 5.92. The molecule has 0 radical (unpaired) electrons. The van der Waals surface area contributed by atoms with Crippen LogP contribution in [-0.2, 0) is 0 Å². The average molecular weight is 379 g/mol. The van der Waals surface area contributed by atoms with Crippen molar-refractivity contribution in [2.24, 2.45) is 5.10 Å². The number of hydrogen-bond acceptors (Lipinski definition) is 6. The van der Waals surface area contributed by atoms with Gasteiger partial charge in [0.05, 0.1) is 23.9 Å². The molecule has 0 aliphatic rings. The SMILES string of the molecule is CCOc1cc(/C=N\Nc2nc(C)c(C)c(=O)[nH]2)cc(Cl)c1OC(C)C. The Morgan fingerprint density at radius 2 is 2.12 bits per heavy atom. The van der Waals surface area contributed by atoms with Crippen molar-refractivity contribution in [1.82, 2.24) is 9.97 Å². The number of aromatic nitrogens is 2. The van der Waals surface area contributed by atoms with E-state index in [1.54, 1.807) is 32.2 Å². The molecule has 0 atom stereocenters. The van der Waals surface area contributed by atoms with Crippen LogP contribution in [0.1, 0.15) is 37.6 Å². The number of aromatic amines is 1. The van der Waals surface area contributed by atoms with Gasteiger partial charge in [0.1, 0.15) is 0 Å². The van der Waals surface area contributed by atoms with Gasteiger partial charge in [-0.15, -0.1) is 0 Å². The Bertz CT molecular complexity index is 862. The molecule has 1 aromatic heterocycles. The minimum absolute atomic E-state index is 0.0273. The van der Waals surface area contributed by atoms with Crippen molar-refractivity contribution in [2.45, 2.75) is 40.7 Å². The first kappa shape index (κ1) is 19.8. The van der Waals surface area contributed by atoms with Gasteiger partial charge >= 0.3 is 0 Å². The van der Waals surface area contributed by atoms with Crippen molar-refractivity contribution in [3.63, 3.8) is 0 Å². The molecule has 0 saturated heterocycles. The number of H-pyrrole nitrogens is 1. The van der Waals surface area contributed by atoms with E-state index in [4.69, 9.17) is 21.1 Å². The van der Waals surface area contributed by atoms with E-state index in [0.717, 1.165) is 0 Å². The number of nitrogens with one attached hydrogen (secondary N) is 2. The average Bonchev–Trinajstić information content (AvgIpc) is 2.55. The minimum atomic E-state index is -0.202. The molecule has 0 unspecified atom stereocenters. The molecule has 0 fully saturated rings. The molecule has 0 spiro atoms. The molecular weight excluding hydrogens is 356 g/mol. The molecular formula is C18H23ClN4O3. The smallest absolute Gasteiger partial charge is 0.255 e. The number of aryl methyl sites for hydroxylation is 1. The van der Waals surface area contributed by atoms with E-state index < -0.39 is 0 Å². The van der Waals surface area contributed by atoms with Crippen LogP contribution in [0.3, 0.4) is 0 Å². The number of halogens is 1. The largest absolute Gasteiger partial charge is 0.490 e. The lowest BCUT2D eigenvalue weighted by Crippen LogP contribution is -2.15. The number of hydrazone groups is 1. The summed E-state index contributed by atoms with van der Waals surface area (Å²) in [6.45, 7) is 9.69. The molecule has 0 saturated carbocycles. The standard InChI is InChI=1S/C18H23ClN4O3/c1-6-25-15-8-13(7-14(19)16(15)26-10(2)3)9-20-23-18-21-12(5)11(4)17(24)22-18/h7-10H,6H2,1-5H3,(H2,21,22,23,24)/b20-9-. The minimum Gasteiger partial charge on any atom is -0.490 e. The van der Waals surface area contributed by atoms with Crippen molar-refractivity contribution in [2.75, 3.05) is 12.0 Å². The van der Waals surface area contributed by atoms with E-state index >= 15 is 0 Å². The highest BCUT2D eigenvalue weighted by Crippen LogP contribution is 2.37. The van der Waals surface area contributed by atoms with Crippen LogP contribution in [0.4, 0.5) is 5.95 Å². The van der Waals surface area contributed by atoms with Gasteiger partial charge in [0.2, 0.25) is 5.95 Å². The predicted octanol–water partition coefficient (Wildman–Crippen LogP) is 3.67. The summed E-state index contributed by atoms with van der Waals surface area (Å²) in [5.41, 5.74) is 4.44. The molecule has 2 rings (SSSR count). The topological polar surface area (TPSA) is 88.6 Å². The summed E-state index contributed by atoms with van der Waals surface area (Å²) in [7, 11) is 0. The quantitative estimate of drug-likeness (QED) is 0.566. The fraction of sp³-hybridized carbons (Fsp3) is 0.389. The van der Waals surface area contributed by atoms with Gasteiger partial charge in [0.15, 0.2) is 11.5 Å². The van der Waals surface area contributed by atoms with Gasteiger partial charge in [0.25, 0.3) is 5.56 Å². The van der Waals surface area contributed by atoms with Crippen LogP contribution in [0.25, 0.3) is 0 Å². The van der Waals surface area contributed by atoms with E-state index in [1.165, 1.54) is 0 Å². The maximum absolute atomic E-state index is 11.7. The molecule has 0 aliphatic heterocycles. The van der Waals surface area contributed by atoms with Crippen LogP contribution in [-0.4, -0.2) is 28.9 Å². The highest BCUT2D eigenvalue weighted by molar-refractivity contribution is 6.32. The Kier molecular flexibility index (Phi) is 6.63. The number of benzene rings is 1. The fourth-order valence-corrected chi connectivity index (χ4v) is 2.41. The van der Waals surface area contributed by atoms with Crippen LogP contribution in [0.5, 0.6) is 11.5 Å². The van der Waals surface area contributed by atoms with E-state index in [9.17, 15) is 4.79 Å². The summed E-state index contributed by atoms with van der Waals surface area (Å²) in [4.78, 5) is 18.6. The van der Waals surface area contributed by atoms with E-state index in [-0.39, 0.29) is 17.6 Å². The molecule has 1 heterocycles. The zero-order chi connectivity index (χ0) is 19.3. The molecule has 0 amide bonds. The third-order valence-corrected chi connectivity index (χ3v) is 3.74. The van der Waals surface area contributed by atoms with Gasteiger partial charge in [-0.3, -0.25) is 9.78 Å². The van der Waals surface area contributed by atoms with Gasteiger partial charge in [-0.2, -0.15) is 5.10 Å². The van der Waals surface area contributed by atoms with Crippen molar-refractivity contribution in [1.29, 1.82) is 0 Å². The lowest BCUT2D eigenvalue weighted by molar-refractivity contribution is 0.224. The summed E-state index contributed by atoms with van der Waals surface area (Å²) < 4.78 is 11.3. The number of rotatable bonds is 7. The van der Waals surface area contributed by atoms with Crippen LogP contribution in [0, 0.1) is 13.8 Å². The first-order valence-electron chi connectivity index (χ1n) is 8.31. The van der Waals surface area contributed by atoms with Crippen molar-refractivity contribution < 1.29 is 9.47 Å². The van der Waals surface area contributed by atoms with Crippen LogP contribution >= 0.6 is 11.6 Å². The van der Waals surface area contributed by atoms with E-state index in [2.05, 4.69) is 20.5 Å². The maximum Gasteiger partial charge on any atom is 0.255 e. The third kappa shape index (κ3) is 4.98. The van der Waals surface area contributed by atoms with Crippen molar-refractivity contribution in [3.05, 3.63) is 44.3 Å². The first-order chi connectivity index (χ1) is 12.3. The van der Waals surface area contributed by atoms with Crippen molar-refractivity contribution >= 4 is 23.8 Å². The van der Waals surface area contributed by atoms with Gasteiger partial charge in [-0.25, -0.2) is 10.4 Å². The number of ether oxygens (including phenoxy) is 2. The van der Waals surface area contributed by atoms with Crippen molar-refractivity contribution in [3.8, 4) is 11.5 Å². The summed E-state index contributed by atoms with van der Waals surface area (Å²) in [5.74, 6) is 1.33. The zero-order valence-electron chi connectivity index (χ0n) is 15.5. The van der Waals surface area contributed by atoms with E-state index in [0.29, 0.717) is 39.9 Å². The molecule has 26 heavy (non-hydrogen) atoms. The lowest BCUT2D eigenvalue weighted by atomic mass is 10.2. The molecule has 0 bridgehead atoms. The summed E-state index contributed by atoms with van der Waals surface area (Å²) in [5, 5.41) is 4.53. The maximum atomic E-state index is 11.7. The van der Waals surface area contributed by atoms with Crippen LogP contribution in [0.15, 0.2) is 22.0 Å². The summed E-state index contributed by atoms with van der Waals surface area (Å²) >= 11 is 6.32. The Morgan fingerprint density at radius 1 is 1.38 bits per heavy atom. The number of nitrogens with zero attached hydrogens (tertiary/aromatic N) is 2. The van der Waals surface area contributed by atoms with Gasteiger partial charge < -0.3 is 9.47 Å². The molecule has 140 valence electrons. The van der Waals surface area contributed by atoms with Crippen LogP contribution in [0.2, 0.25) is 5.02 Å². The second-order valence-corrected chi connectivity index (χ2v) is 6.33. The lowest BCUT2D eigenvalue weighted by Gasteiger charge is -2.16. The normalized spacial score (nSPS) is 11.2. The second kappa shape index (κ2) is 8.71. The highest BCUT2D eigenvalue weighted by Gasteiger charge is 2.13. The number of anilines is 1. The predicted molar refractivity (Wildman–Crippen MR) is 104 cm³/mol. The molecule has 0 aliphatic carbocycles. The Morgan fingerprint density at radius 3 is 2.73 bits per heavy atom. The molecule has 2 N–H and O–H groups in total. The molecule has 8 heteroatoms. The Balaban J connectivity index is 2.23. The summed E-state index contributed by atoms with van der Waals surface area (Å²) in [6.07, 6.45) is 1.53. The number of hydrogen-bond donors (Lipinski definition) is 2. The monoisotopic (exact) mass is 378 g/mol. The molecule has 7 nitrogen and oxygen atoms in total. The van der Waals surface area contributed by atoms with Gasteiger partial charge in [-0.1, -0.05) is 11.6 Å². The fourth-order valence-electron chi connectivity index (χ4n) is 2.14. The zero-order valence-corrected chi connectivity index (χ0v) is 16.3. The highest BCUT2D eigenvalue weighted by atomic mass is 35.5. The molecule has 2 aromatic rings. The van der Waals surface area contributed by atoms with Gasteiger partial charge in [0, 0.05) is 11.3 Å². The third-order valence-electron chi connectivity index (χ3n) is 3.46. The molecule has 1 aromatic carbocycles. The Labute approximate surface area is 157 Å². The van der Waals surface area contributed by atoms with Crippen LogP contribution < -0.4 is 20.5 Å². The first-order valence-corrected chi connectivity index (χ1v) is 8.69. The Hall–Kier alpha value is -2.54. The van der Waals surface area contributed by atoms with Gasteiger partial charge in [-0.05, 0) is 52.3 Å². The summed E-state index contributed by atoms with van der Waals surface area (Å²) in [6, 6.07) is 3.51. The van der Waals surface area contributed by atoms with E-state index in [1.807, 2.05) is 20.8 Å².